The normalized spacial score (nSPS) is 14.3. The Kier molecular flexibility index (Phi) is 11.6. The molecule has 1 aliphatic carbocycles. The minimum Gasteiger partial charge on any atom is -0.352 e. The molecule has 4 aromatic carbocycles. The van der Waals surface area contributed by atoms with Crippen LogP contribution in [0.25, 0.3) is 0 Å². The van der Waals surface area contributed by atoms with Crippen molar-refractivity contribution in [2.75, 3.05) is 10.8 Å². The molecule has 0 spiro atoms. The molecule has 4 aromatic rings. The topological polar surface area (TPSA) is 86.8 Å². The first kappa shape index (κ1) is 34.4. The number of anilines is 1. The molecule has 5 rings (SSSR count). The average Bonchev–Trinajstić information content (AvgIpc) is 3.08. The van der Waals surface area contributed by atoms with E-state index in [4.69, 9.17) is 23.2 Å². The first-order valence-electron chi connectivity index (χ1n) is 15.5. The number of hydrogen-bond acceptors (Lipinski definition) is 4. The van der Waals surface area contributed by atoms with Gasteiger partial charge in [0.15, 0.2) is 0 Å². The van der Waals surface area contributed by atoms with Gasteiger partial charge in [-0.2, -0.15) is 0 Å². The molecule has 47 heavy (non-hydrogen) atoms. The first-order valence-corrected chi connectivity index (χ1v) is 17.7. The van der Waals surface area contributed by atoms with Crippen LogP contribution < -0.4 is 9.62 Å². The lowest BCUT2D eigenvalue weighted by atomic mass is 9.94. The van der Waals surface area contributed by atoms with Crippen molar-refractivity contribution in [2.24, 2.45) is 0 Å². The van der Waals surface area contributed by atoms with Gasteiger partial charge >= 0.3 is 0 Å². The van der Waals surface area contributed by atoms with Gasteiger partial charge in [0.1, 0.15) is 18.4 Å². The van der Waals surface area contributed by atoms with Crippen LogP contribution >= 0.6 is 23.2 Å². The van der Waals surface area contributed by atoms with Gasteiger partial charge in [-0.3, -0.25) is 13.9 Å². The second-order valence-corrected chi connectivity index (χ2v) is 14.3. The molecule has 1 fully saturated rings. The van der Waals surface area contributed by atoms with Crippen LogP contribution in [0.2, 0.25) is 10.0 Å². The van der Waals surface area contributed by atoms with Crippen LogP contribution in [0.4, 0.5) is 10.1 Å². The van der Waals surface area contributed by atoms with Gasteiger partial charge < -0.3 is 10.2 Å². The van der Waals surface area contributed by atoms with E-state index in [2.05, 4.69) is 5.32 Å². The lowest BCUT2D eigenvalue weighted by Crippen LogP contribution is -2.55. The van der Waals surface area contributed by atoms with E-state index in [0.29, 0.717) is 10.6 Å². The Morgan fingerprint density at radius 3 is 2.09 bits per heavy atom. The van der Waals surface area contributed by atoms with E-state index >= 15 is 0 Å². The summed E-state index contributed by atoms with van der Waals surface area (Å²) in [4.78, 5) is 30.0. The van der Waals surface area contributed by atoms with Crippen LogP contribution in [-0.2, 0) is 32.6 Å². The number of rotatable bonds is 12. The minimum absolute atomic E-state index is 0.0175. The zero-order chi connectivity index (χ0) is 33.4. The molecule has 1 saturated carbocycles. The molecular formula is C36H36Cl2FN3O4S. The fourth-order valence-corrected chi connectivity index (χ4v) is 7.52. The van der Waals surface area contributed by atoms with Gasteiger partial charge in [-0.15, -0.1) is 0 Å². The second-order valence-electron chi connectivity index (χ2n) is 11.6. The number of amides is 2. The van der Waals surface area contributed by atoms with Gasteiger partial charge in [-0.25, -0.2) is 12.8 Å². The van der Waals surface area contributed by atoms with Gasteiger partial charge in [-0.05, 0) is 72.5 Å². The lowest BCUT2D eigenvalue weighted by molar-refractivity contribution is -0.140. The number of nitrogens with one attached hydrogen (secondary N) is 1. The summed E-state index contributed by atoms with van der Waals surface area (Å²) >= 11 is 12.5. The number of carbonyl (C=O) groups excluding carboxylic acids is 2. The number of carbonyl (C=O) groups is 2. The third-order valence-electron chi connectivity index (χ3n) is 8.28. The van der Waals surface area contributed by atoms with Crippen molar-refractivity contribution < 1.29 is 22.4 Å². The maximum atomic E-state index is 14.6. The Hall–Kier alpha value is -3.92. The number of nitrogens with zero attached hydrogens (tertiary/aromatic N) is 2. The maximum absolute atomic E-state index is 14.6. The summed E-state index contributed by atoms with van der Waals surface area (Å²) in [7, 11) is -4.33. The van der Waals surface area contributed by atoms with Crippen molar-refractivity contribution in [1.82, 2.24) is 10.2 Å². The summed E-state index contributed by atoms with van der Waals surface area (Å²) < 4.78 is 42.8. The molecule has 0 radical (unpaired) electrons. The maximum Gasteiger partial charge on any atom is 0.264 e. The van der Waals surface area contributed by atoms with Crippen LogP contribution in [0.1, 0.15) is 43.2 Å². The fourth-order valence-electron chi connectivity index (χ4n) is 5.79. The van der Waals surface area contributed by atoms with E-state index in [9.17, 15) is 22.4 Å². The number of halogens is 3. The van der Waals surface area contributed by atoms with Gasteiger partial charge in [0.05, 0.1) is 20.6 Å². The summed E-state index contributed by atoms with van der Waals surface area (Å²) in [6, 6.07) is 26.0. The van der Waals surface area contributed by atoms with Gasteiger partial charge in [0, 0.05) is 19.0 Å². The predicted molar refractivity (Wildman–Crippen MR) is 183 cm³/mol. The summed E-state index contributed by atoms with van der Waals surface area (Å²) in [5.41, 5.74) is 1.69. The minimum atomic E-state index is -4.33. The van der Waals surface area contributed by atoms with Crippen molar-refractivity contribution in [1.29, 1.82) is 0 Å². The molecule has 2 amide bonds. The van der Waals surface area contributed by atoms with E-state index in [0.717, 1.165) is 66.2 Å². The quantitative estimate of drug-likeness (QED) is 0.167. The highest BCUT2D eigenvalue weighted by Crippen LogP contribution is 2.27. The zero-order valence-corrected chi connectivity index (χ0v) is 28.0. The van der Waals surface area contributed by atoms with E-state index in [1.54, 1.807) is 48.5 Å². The largest absolute Gasteiger partial charge is 0.352 e. The van der Waals surface area contributed by atoms with E-state index in [1.807, 2.05) is 30.3 Å². The SMILES string of the molecule is O=C(NC1CCCCC1)[C@@H](Cc1ccccc1)N(Cc1ccc(Cl)c(Cl)c1)C(=O)CN(c1ccccc1)S(=O)(=O)c1ccc(F)cc1. The Labute approximate surface area is 285 Å². The van der Waals surface area contributed by atoms with Crippen LogP contribution in [0.15, 0.2) is 108 Å². The highest BCUT2D eigenvalue weighted by atomic mass is 35.5. The molecule has 11 heteroatoms. The van der Waals surface area contributed by atoms with Crippen LogP contribution in [0, 0.1) is 5.82 Å². The molecule has 7 nitrogen and oxygen atoms in total. The zero-order valence-electron chi connectivity index (χ0n) is 25.7. The highest BCUT2D eigenvalue weighted by molar-refractivity contribution is 7.92. The first-order chi connectivity index (χ1) is 22.6. The summed E-state index contributed by atoms with van der Waals surface area (Å²) in [6.45, 7) is -0.655. The third kappa shape index (κ3) is 8.91. The summed E-state index contributed by atoms with van der Waals surface area (Å²) in [5.74, 6) is -1.51. The number of para-hydroxylation sites is 1. The van der Waals surface area contributed by atoms with Crippen LogP contribution in [0.3, 0.4) is 0 Å². The van der Waals surface area contributed by atoms with Crippen molar-refractivity contribution in [3.05, 3.63) is 130 Å². The average molecular weight is 697 g/mol. The number of sulfonamides is 1. The molecule has 0 aliphatic heterocycles. The van der Waals surface area contributed by atoms with Gasteiger partial charge in [0.25, 0.3) is 10.0 Å². The standard InChI is InChI=1S/C36H36Cl2FN3O4S/c37-32-21-16-27(22-33(32)38)24-41(34(23-26-10-4-1-5-11-26)36(44)40-29-12-6-2-7-13-29)35(43)25-42(30-14-8-3-9-15-30)47(45,46)31-19-17-28(39)18-20-31/h1,3-5,8-11,14-22,29,34H,2,6-7,12-13,23-25H2,(H,40,44)/t34-/m1/s1. The molecule has 246 valence electrons. The Morgan fingerprint density at radius 1 is 0.809 bits per heavy atom. The molecule has 0 bridgehead atoms. The molecule has 0 aromatic heterocycles. The second kappa shape index (κ2) is 15.8. The molecule has 0 heterocycles. The lowest BCUT2D eigenvalue weighted by Gasteiger charge is -2.35. The van der Waals surface area contributed by atoms with Crippen molar-refractivity contribution in [3.8, 4) is 0 Å². The van der Waals surface area contributed by atoms with Crippen molar-refractivity contribution in [3.63, 3.8) is 0 Å². The molecule has 0 unspecified atom stereocenters. The molecule has 0 saturated heterocycles. The predicted octanol–water partition coefficient (Wildman–Crippen LogP) is 7.42. The molecular weight excluding hydrogens is 660 g/mol. The van der Waals surface area contributed by atoms with E-state index in [1.165, 1.54) is 4.90 Å². The monoisotopic (exact) mass is 695 g/mol. The molecule has 1 atom stereocenters. The van der Waals surface area contributed by atoms with Crippen LogP contribution in [0.5, 0.6) is 0 Å². The van der Waals surface area contributed by atoms with Crippen molar-refractivity contribution >= 4 is 50.7 Å². The summed E-state index contributed by atoms with van der Waals surface area (Å²) in [6.07, 6.45) is 5.02. The van der Waals surface area contributed by atoms with Gasteiger partial charge in [0.2, 0.25) is 11.8 Å². The molecule has 1 aliphatic rings. The van der Waals surface area contributed by atoms with Crippen LogP contribution in [-0.4, -0.2) is 43.8 Å². The fraction of sp³-hybridized carbons (Fsp3) is 0.278. The smallest absolute Gasteiger partial charge is 0.264 e. The van der Waals surface area contributed by atoms with E-state index < -0.39 is 34.3 Å². The number of hydrogen-bond donors (Lipinski definition) is 1. The Morgan fingerprint density at radius 2 is 1.45 bits per heavy atom. The number of benzene rings is 4. The summed E-state index contributed by atoms with van der Waals surface area (Å²) in [5, 5.41) is 3.80. The van der Waals surface area contributed by atoms with E-state index in [-0.39, 0.29) is 40.5 Å². The Bertz CT molecular complexity index is 1770. The Balaban J connectivity index is 1.56. The molecule has 1 N–H and O–H groups in total. The highest BCUT2D eigenvalue weighted by Gasteiger charge is 2.35. The third-order valence-corrected chi connectivity index (χ3v) is 10.8. The van der Waals surface area contributed by atoms with Crippen molar-refractivity contribution in [2.45, 2.75) is 62.0 Å². The van der Waals surface area contributed by atoms with Gasteiger partial charge in [-0.1, -0.05) is 97.1 Å².